The minimum Gasteiger partial charge on any atom is -0.444 e. The third kappa shape index (κ3) is 8.27. The van der Waals surface area contributed by atoms with Gasteiger partial charge in [-0.05, 0) is 63.3 Å². The number of amides is 1. The maximum absolute atomic E-state index is 11.5. The quantitative estimate of drug-likeness (QED) is 0.422. The molecule has 0 fully saturated rings. The lowest BCUT2D eigenvalue weighted by Gasteiger charge is -2.19. The van der Waals surface area contributed by atoms with Crippen molar-refractivity contribution in [3.05, 3.63) is 33.3 Å². The molecule has 0 aromatic heterocycles. The second-order valence-corrected chi connectivity index (χ2v) is 7.78. The van der Waals surface area contributed by atoms with E-state index in [9.17, 15) is 4.79 Å². The predicted octanol–water partition coefficient (Wildman–Crippen LogP) is 6.13. The highest BCUT2D eigenvalue weighted by atomic mass is 79.9. The predicted molar refractivity (Wildman–Crippen MR) is 101 cm³/mol. The van der Waals surface area contributed by atoms with Gasteiger partial charge in [0, 0.05) is 21.9 Å². The van der Waals surface area contributed by atoms with E-state index in [1.807, 2.05) is 32.9 Å². The van der Waals surface area contributed by atoms with Gasteiger partial charge in [0.1, 0.15) is 5.60 Å². The highest BCUT2D eigenvalue weighted by Crippen LogP contribution is 2.28. The molecule has 0 spiro atoms. The van der Waals surface area contributed by atoms with Gasteiger partial charge in [0.15, 0.2) is 0 Å². The summed E-state index contributed by atoms with van der Waals surface area (Å²) in [6.07, 6.45) is 3.43. The number of benzene rings is 1. The molecule has 0 heterocycles. The maximum Gasteiger partial charge on any atom is 0.407 e. The molecule has 1 rings (SSSR count). The minimum atomic E-state index is -0.457. The maximum atomic E-state index is 11.5. The van der Waals surface area contributed by atoms with Crippen molar-refractivity contribution < 1.29 is 9.53 Å². The zero-order valence-corrected chi connectivity index (χ0v) is 16.9. The van der Waals surface area contributed by atoms with E-state index in [2.05, 4.69) is 21.2 Å². The standard InChI is InChI=1S/C17H24BrCl2NO2/c1-17(2,3)23-16(22)21-8-6-4-5-7-12-9-15(20)13(11-18)10-14(12)19/h9-10H,4-8,11H2,1-3H3,(H,21,22). The first-order valence-corrected chi connectivity index (χ1v) is 9.60. The van der Waals surface area contributed by atoms with Crippen molar-refractivity contribution in [2.24, 2.45) is 0 Å². The van der Waals surface area contributed by atoms with Crippen molar-refractivity contribution in [3.63, 3.8) is 0 Å². The van der Waals surface area contributed by atoms with Crippen LogP contribution in [0.5, 0.6) is 0 Å². The molecule has 0 aliphatic heterocycles. The fourth-order valence-corrected chi connectivity index (χ4v) is 3.20. The molecule has 0 radical (unpaired) electrons. The summed E-state index contributed by atoms with van der Waals surface area (Å²) in [5.41, 5.74) is 1.62. The van der Waals surface area contributed by atoms with Gasteiger partial charge in [0.05, 0.1) is 0 Å². The Balaban J connectivity index is 2.26. The van der Waals surface area contributed by atoms with Crippen LogP contribution in [0.3, 0.4) is 0 Å². The number of carbonyl (C=O) groups is 1. The van der Waals surface area contributed by atoms with E-state index >= 15 is 0 Å². The third-order valence-corrected chi connectivity index (χ3v) is 4.46. The number of aryl methyl sites for hydroxylation is 1. The highest BCUT2D eigenvalue weighted by molar-refractivity contribution is 9.08. The number of halogens is 3. The molecule has 23 heavy (non-hydrogen) atoms. The molecule has 1 aromatic rings. The summed E-state index contributed by atoms with van der Waals surface area (Å²) in [7, 11) is 0. The molecule has 1 amide bonds. The Morgan fingerprint density at radius 2 is 1.74 bits per heavy atom. The van der Waals surface area contributed by atoms with Crippen molar-refractivity contribution in [3.8, 4) is 0 Å². The van der Waals surface area contributed by atoms with Crippen LogP contribution in [0.1, 0.15) is 51.2 Å². The average molecular weight is 425 g/mol. The SMILES string of the molecule is CC(C)(C)OC(=O)NCCCCCc1cc(Cl)c(CBr)cc1Cl. The van der Waals surface area contributed by atoms with Gasteiger partial charge in [-0.15, -0.1) is 0 Å². The van der Waals surface area contributed by atoms with Crippen molar-refractivity contribution in [1.82, 2.24) is 5.32 Å². The molecular weight excluding hydrogens is 401 g/mol. The van der Waals surface area contributed by atoms with Crippen LogP contribution in [-0.4, -0.2) is 18.2 Å². The van der Waals surface area contributed by atoms with E-state index in [1.165, 1.54) is 0 Å². The summed E-state index contributed by atoms with van der Waals surface area (Å²) < 4.78 is 5.18. The smallest absolute Gasteiger partial charge is 0.407 e. The van der Waals surface area contributed by atoms with Crippen molar-refractivity contribution in [1.29, 1.82) is 0 Å². The summed E-state index contributed by atoms with van der Waals surface area (Å²) in [5.74, 6) is 0. The van der Waals surface area contributed by atoms with Crippen molar-refractivity contribution >= 4 is 45.2 Å². The van der Waals surface area contributed by atoms with Crippen molar-refractivity contribution in [2.45, 2.75) is 57.4 Å². The molecule has 0 aliphatic rings. The fourth-order valence-electron chi connectivity index (χ4n) is 2.05. The van der Waals surface area contributed by atoms with Crippen LogP contribution in [0, 0.1) is 0 Å². The molecule has 6 heteroatoms. The Morgan fingerprint density at radius 1 is 1.13 bits per heavy atom. The first kappa shape index (κ1) is 20.6. The van der Waals surface area contributed by atoms with E-state index in [4.69, 9.17) is 27.9 Å². The van der Waals surface area contributed by atoms with E-state index in [0.29, 0.717) is 11.9 Å². The van der Waals surface area contributed by atoms with Crippen LogP contribution >= 0.6 is 39.1 Å². The number of rotatable bonds is 7. The number of nitrogens with one attached hydrogen (secondary N) is 1. The van der Waals surface area contributed by atoms with E-state index in [0.717, 1.165) is 46.9 Å². The Morgan fingerprint density at radius 3 is 2.35 bits per heavy atom. The van der Waals surface area contributed by atoms with E-state index in [1.54, 1.807) is 0 Å². The van der Waals surface area contributed by atoms with Crippen LogP contribution in [0.15, 0.2) is 12.1 Å². The Kier molecular flexibility index (Phi) is 8.73. The second-order valence-electron chi connectivity index (χ2n) is 6.41. The lowest BCUT2D eigenvalue weighted by Crippen LogP contribution is -2.32. The summed E-state index contributed by atoms with van der Waals surface area (Å²) in [5, 5.41) is 4.96. The molecule has 0 saturated carbocycles. The minimum absolute atomic E-state index is 0.363. The zero-order valence-electron chi connectivity index (χ0n) is 13.8. The fraction of sp³-hybridized carbons (Fsp3) is 0.588. The topological polar surface area (TPSA) is 38.3 Å². The normalized spacial score (nSPS) is 11.4. The molecule has 0 saturated heterocycles. The average Bonchev–Trinajstić information content (AvgIpc) is 2.43. The van der Waals surface area contributed by atoms with Gasteiger partial charge in [0.25, 0.3) is 0 Å². The lowest BCUT2D eigenvalue weighted by atomic mass is 10.1. The van der Waals surface area contributed by atoms with Gasteiger partial charge in [-0.25, -0.2) is 4.79 Å². The largest absolute Gasteiger partial charge is 0.444 e. The van der Waals surface area contributed by atoms with Gasteiger partial charge < -0.3 is 10.1 Å². The Bertz CT molecular complexity index is 530. The Labute approximate surface area is 157 Å². The van der Waals surface area contributed by atoms with Crippen LogP contribution in [0.25, 0.3) is 0 Å². The number of unbranched alkanes of at least 4 members (excludes halogenated alkanes) is 2. The van der Waals surface area contributed by atoms with Crippen LogP contribution < -0.4 is 5.32 Å². The number of hydrogen-bond donors (Lipinski definition) is 1. The van der Waals surface area contributed by atoms with Gasteiger partial charge >= 0.3 is 6.09 Å². The van der Waals surface area contributed by atoms with Gasteiger partial charge in [0.2, 0.25) is 0 Å². The highest BCUT2D eigenvalue weighted by Gasteiger charge is 2.15. The zero-order chi connectivity index (χ0) is 17.5. The second kappa shape index (κ2) is 9.75. The molecule has 1 N–H and O–H groups in total. The van der Waals surface area contributed by atoms with Crippen LogP contribution in [-0.2, 0) is 16.5 Å². The molecule has 1 aromatic carbocycles. The first-order chi connectivity index (χ1) is 10.7. The molecule has 130 valence electrons. The first-order valence-electron chi connectivity index (χ1n) is 7.72. The number of carbonyl (C=O) groups excluding carboxylic acids is 1. The van der Waals surface area contributed by atoms with Gasteiger partial charge in [-0.1, -0.05) is 45.6 Å². The molecule has 0 aliphatic carbocycles. The van der Waals surface area contributed by atoms with Gasteiger partial charge in [-0.2, -0.15) is 0 Å². The lowest BCUT2D eigenvalue weighted by molar-refractivity contribution is 0.0527. The number of alkyl carbamates (subject to hydrolysis) is 1. The molecule has 0 bridgehead atoms. The molecule has 3 nitrogen and oxygen atoms in total. The molecule has 0 unspecified atom stereocenters. The molecule has 0 atom stereocenters. The number of alkyl halides is 1. The monoisotopic (exact) mass is 423 g/mol. The number of hydrogen-bond acceptors (Lipinski definition) is 2. The van der Waals surface area contributed by atoms with Crippen LogP contribution in [0.2, 0.25) is 10.0 Å². The van der Waals surface area contributed by atoms with Crippen LogP contribution in [0.4, 0.5) is 4.79 Å². The Hall–Kier alpha value is -0.450. The molecular formula is C17H24BrCl2NO2. The summed E-state index contributed by atoms with van der Waals surface area (Å²) in [4.78, 5) is 11.5. The summed E-state index contributed by atoms with van der Waals surface area (Å²) in [6, 6.07) is 3.86. The summed E-state index contributed by atoms with van der Waals surface area (Å²) in [6.45, 7) is 6.17. The van der Waals surface area contributed by atoms with E-state index in [-0.39, 0.29) is 6.09 Å². The third-order valence-electron chi connectivity index (χ3n) is 3.15. The van der Waals surface area contributed by atoms with Crippen molar-refractivity contribution in [2.75, 3.05) is 6.54 Å². The van der Waals surface area contributed by atoms with E-state index < -0.39 is 5.60 Å². The van der Waals surface area contributed by atoms with Gasteiger partial charge in [-0.3, -0.25) is 0 Å². The summed E-state index contributed by atoms with van der Waals surface area (Å²) >= 11 is 15.9. The number of ether oxygens (including phenoxy) is 1.